The molecule has 1 saturated heterocycles. The highest BCUT2D eigenvalue weighted by Gasteiger charge is 2.42. The molecule has 5 nitrogen and oxygen atoms in total. The van der Waals surface area contributed by atoms with E-state index in [4.69, 9.17) is 0 Å². The Bertz CT molecular complexity index is 526. The summed E-state index contributed by atoms with van der Waals surface area (Å²) in [6.45, 7) is 3.09. The van der Waals surface area contributed by atoms with Gasteiger partial charge in [-0.15, -0.1) is 0 Å². The molecule has 2 bridgehead atoms. The van der Waals surface area contributed by atoms with Crippen LogP contribution in [0.15, 0.2) is 0 Å². The molecule has 0 aromatic carbocycles. The van der Waals surface area contributed by atoms with Crippen molar-refractivity contribution in [3.05, 3.63) is 0 Å². The summed E-state index contributed by atoms with van der Waals surface area (Å²) >= 11 is 0. The number of carbonyl (C=O) groups excluding carboxylic acids is 1. The smallest absolute Gasteiger partial charge is 0.223 e. The van der Waals surface area contributed by atoms with Gasteiger partial charge in [-0.1, -0.05) is 6.42 Å². The first-order valence-corrected chi connectivity index (χ1v) is 10.4. The second-order valence-corrected chi connectivity index (χ2v) is 9.55. The van der Waals surface area contributed by atoms with Crippen molar-refractivity contribution in [1.29, 1.82) is 0 Å². The zero-order valence-electron chi connectivity index (χ0n) is 13.6. The number of piperidine rings is 1. The van der Waals surface area contributed by atoms with Crippen molar-refractivity contribution in [1.82, 2.24) is 9.62 Å². The van der Waals surface area contributed by atoms with Gasteiger partial charge < -0.3 is 5.32 Å². The molecule has 0 radical (unpaired) electrons. The first kappa shape index (κ1) is 16.2. The molecule has 3 rings (SSSR count). The van der Waals surface area contributed by atoms with Crippen LogP contribution in [0.5, 0.6) is 0 Å². The van der Waals surface area contributed by atoms with E-state index < -0.39 is 10.0 Å². The van der Waals surface area contributed by atoms with Crippen LogP contribution in [-0.2, 0) is 14.8 Å². The van der Waals surface area contributed by atoms with Crippen molar-refractivity contribution in [2.24, 2.45) is 23.7 Å². The zero-order valence-corrected chi connectivity index (χ0v) is 14.4. The molecule has 1 heterocycles. The van der Waals surface area contributed by atoms with Gasteiger partial charge in [-0.2, -0.15) is 0 Å². The highest BCUT2D eigenvalue weighted by molar-refractivity contribution is 7.88. The minimum absolute atomic E-state index is 0.0287. The SMILES string of the molecule is C[C@H](NC(=O)C1CCN(S(C)(=O)=O)CC1)[C@H]1C[C@@H]2CC[C@@H]1C2. The fourth-order valence-electron chi connectivity index (χ4n) is 4.81. The lowest BCUT2D eigenvalue weighted by Gasteiger charge is -2.32. The topological polar surface area (TPSA) is 66.5 Å². The van der Waals surface area contributed by atoms with Crippen LogP contribution in [0, 0.1) is 23.7 Å². The van der Waals surface area contributed by atoms with E-state index >= 15 is 0 Å². The minimum Gasteiger partial charge on any atom is -0.353 e. The lowest BCUT2D eigenvalue weighted by molar-refractivity contribution is -0.127. The summed E-state index contributed by atoms with van der Waals surface area (Å²) in [5.41, 5.74) is 0. The second-order valence-electron chi connectivity index (χ2n) is 7.57. The number of hydrogen-bond acceptors (Lipinski definition) is 3. The molecule has 126 valence electrons. The Morgan fingerprint density at radius 1 is 1.14 bits per heavy atom. The Hall–Kier alpha value is -0.620. The molecule has 0 aromatic rings. The molecule has 22 heavy (non-hydrogen) atoms. The maximum atomic E-state index is 12.4. The highest BCUT2D eigenvalue weighted by atomic mass is 32.2. The van der Waals surface area contributed by atoms with Crippen LogP contribution in [-0.4, -0.2) is 44.0 Å². The quantitative estimate of drug-likeness (QED) is 0.852. The largest absolute Gasteiger partial charge is 0.353 e. The summed E-state index contributed by atoms with van der Waals surface area (Å²) in [6, 6.07) is 0.260. The number of hydrogen-bond donors (Lipinski definition) is 1. The Morgan fingerprint density at radius 2 is 1.82 bits per heavy atom. The Balaban J connectivity index is 1.48. The molecule has 2 aliphatic carbocycles. The number of nitrogens with one attached hydrogen (secondary N) is 1. The summed E-state index contributed by atoms with van der Waals surface area (Å²) < 4.78 is 24.5. The van der Waals surface area contributed by atoms with Gasteiger partial charge in [0.05, 0.1) is 6.26 Å². The Labute approximate surface area is 133 Å². The average Bonchev–Trinajstić information content (AvgIpc) is 3.09. The molecule has 0 aromatic heterocycles. The van der Waals surface area contributed by atoms with Gasteiger partial charge in [0, 0.05) is 25.0 Å². The van der Waals surface area contributed by atoms with Crippen molar-refractivity contribution in [2.75, 3.05) is 19.3 Å². The third kappa shape index (κ3) is 3.32. The molecule has 1 amide bonds. The van der Waals surface area contributed by atoms with E-state index in [0.29, 0.717) is 31.8 Å². The molecule has 4 atom stereocenters. The van der Waals surface area contributed by atoms with Crippen molar-refractivity contribution in [3.63, 3.8) is 0 Å². The lowest BCUT2D eigenvalue weighted by atomic mass is 9.83. The van der Waals surface area contributed by atoms with Gasteiger partial charge in [-0.25, -0.2) is 12.7 Å². The van der Waals surface area contributed by atoms with Crippen LogP contribution in [0.3, 0.4) is 0 Å². The molecule has 0 unspecified atom stereocenters. The standard InChI is InChI=1S/C16H28N2O3S/c1-11(15-10-12-3-4-14(15)9-12)17-16(19)13-5-7-18(8-6-13)22(2,20)21/h11-15H,3-10H2,1-2H3,(H,17,19)/t11-,12+,14+,15+/m0/s1. The molecular formula is C16H28N2O3S. The predicted molar refractivity (Wildman–Crippen MR) is 85.7 cm³/mol. The lowest BCUT2D eigenvalue weighted by Crippen LogP contribution is -2.46. The first-order valence-electron chi connectivity index (χ1n) is 8.60. The third-order valence-electron chi connectivity index (χ3n) is 6.10. The fraction of sp³-hybridized carbons (Fsp3) is 0.938. The van der Waals surface area contributed by atoms with Crippen molar-refractivity contribution in [2.45, 2.75) is 51.5 Å². The van der Waals surface area contributed by atoms with Gasteiger partial charge in [0.25, 0.3) is 0 Å². The van der Waals surface area contributed by atoms with Crippen LogP contribution < -0.4 is 5.32 Å². The zero-order chi connectivity index (χ0) is 15.9. The Kier molecular flexibility index (Phi) is 4.52. The molecule has 6 heteroatoms. The fourth-order valence-corrected chi connectivity index (χ4v) is 5.68. The molecule has 1 N–H and O–H groups in total. The average molecular weight is 328 g/mol. The number of carbonyl (C=O) groups is 1. The maximum Gasteiger partial charge on any atom is 0.223 e. The van der Waals surface area contributed by atoms with Gasteiger partial charge in [0.1, 0.15) is 0 Å². The van der Waals surface area contributed by atoms with Crippen LogP contribution >= 0.6 is 0 Å². The summed E-state index contributed by atoms with van der Waals surface area (Å²) in [5.74, 6) is 2.46. The highest BCUT2D eigenvalue weighted by Crippen LogP contribution is 2.49. The number of rotatable bonds is 4. The van der Waals surface area contributed by atoms with Crippen LogP contribution in [0.1, 0.15) is 45.4 Å². The summed E-state index contributed by atoms with van der Waals surface area (Å²) in [4.78, 5) is 12.4. The van der Waals surface area contributed by atoms with Crippen LogP contribution in [0.2, 0.25) is 0 Å². The van der Waals surface area contributed by atoms with E-state index in [1.807, 2.05) is 0 Å². The Morgan fingerprint density at radius 3 is 2.32 bits per heavy atom. The van der Waals surface area contributed by atoms with E-state index in [1.54, 1.807) is 0 Å². The number of nitrogens with zero attached hydrogens (tertiary/aromatic N) is 1. The first-order chi connectivity index (χ1) is 10.3. The number of amides is 1. The number of sulfonamides is 1. The van der Waals surface area contributed by atoms with Gasteiger partial charge in [0.15, 0.2) is 0 Å². The molecular weight excluding hydrogens is 300 g/mol. The summed E-state index contributed by atoms with van der Waals surface area (Å²) in [7, 11) is -3.12. The molecule has 2 saturated carbocycles. The minimum atomic E-state index is -3.12. The molecule has 3 aliphatic rings. The van der Waals surface area contributed by atoms with Crippen molar-refractivity contribution >= 4 is 15.9 Å². The van der Waals surface area contributed by atoms with Gasteiger partial charge in [-0.05, 0) is 56.8 Å². The van der Waals surface area contributed by atoms with E-state index in [-0.39, 0.29) is 17.9 Å². The molecule has 3 fully saturated rings. The summed E-state index contributed by atoms with van der Waals surface area (Å²) in [6.07, 6.45) is 7.87. The second kappa shape index (κ2) is 6.11. The normalized spacial score (nSPS) is 34.7. The van der Waals surface area contributed by atoms with Crippen molar-refractivity contribution < 1.29 is 13.2 Å². The predicted octanol–water partition coefficient (Wildman–Crippen LogP) is 1.60. The molecule has 0 spiro atoms. The molecule has 1 aliphatic heterocycles. The monoisotopic (exact) mass is 328 g/mol. The van der Waals surface area contributed by atoms with Crippen molar-refractivity contribution in [3.8, 4) is 0 Å². The third-order valence-corrected chi connectivity index (χ3v) is 7.40. The van der Waals surface area contributed by atoms with Gasteiger partial charge >= 0.3 is 0 Å². The van der Waals surface area contributed by atoms with E-state index in [2.05, 4.69) is 12.2 Å². The summed E-state index contributed by atoms with van der Waals surface area (Å²) in [5, 5.41) is 3.22. The van der Waals surface area contributed by atoms with Crippen LogP contribution in [0.25, 0.3) is 0 Å². The van der Waals surface area contributed by atoms with Gasteiger partial charge in [-0.3, -0.25) is 4.79 Å². The maximum absolute atomic E-state index is 12.4. The number of fused-ring (bicyclic) bond motifs is 2. The van der Waals surface area contributed by atoms with E-state index in [1.165, 1.54) is 36.2 Å². The van der Waals surface area contributed by atoms with Crippen LogP contribution in [0.4, 0.5) is 0 Å². The van der Waals surface area contributed by atoms with Gasteiger partial charge in [0.2, 0.25) is 15.9 Å². The van der Waals surface area contributed by atoms with E-state index in [0.717, 1.165) is 11.8 Å². The van der Waals surface area contributed by atoms with E-state index in [9.17, 15) is 13.2 Å².